The highest BCUT2D eigenvalue weighted by atomic mass is 15.0. The monoisotopic (exact) mass is 272 g/mol. The van der Waals surface area contributed by atoms with Crippen molar-refractivity contribution in [1.29, 1.82) is 5.26 Å². The molecule has 0 atom stereocenters. The Balaban J connectivity index is 2.40. The summed E-state index contributed by atoms with van der Waals surface area (Å²) in [5.74, 6) is 0. The van der Waals surface area contributed by atoms with Crippen molar-refractivity contribution in [2.45, 2.75) is 13.5 Å². The molecule has 0 radical (unpaired) electrons. The number of nitriles is 1. The molecule has 0 saturated heterocycles. The maximum absolute atomic E-state index is 8.88. The third-order valence-corrected chi connectivity index (χ3v) is 3.70. The molecule has 2 nitrogen and oxygen atoms in total. The first-order chi connectivity index (χ1) is 10.4. The molecule has 0 unspecified atom stereocenters. The number of para-hydroxylation sites is 1. The molecular weight excluding hydrogens is 256 g/mol. The summed E-state index contributed by atoms with van der Waals surface area (Å²) in [7, 11) is 0. The van der Waals surface area contributed by atoms with Crippen LogP contribution in [0, 0.1) is 11.3 Å². The molecule has 0 aliphatic rings. The van der Waals surface area contributed by atoms with Gasteiger partial charge in [-0.15, -0.1) is 0 Å². The molecule has 0 bridgehead atoms. The Kier molecular flexibility index (Phi) is 3.57. The van der Waals surface area contributed by atoms with Gasteiger partial charge in [-0.1, -0.05) is 48.5 Å². The standard InChI is InChI=1S/C19H16N2/c1-2-21-18-13-7-6-11-16(18)17(12-8-14-20)19(21)15-9-4-3-5-10-15/h3-13H,2H2,1H3/b12-8+. The van der Waals surface area contributed by atoms with Crippen molar-refractivity contribution in [2.24, 2.45) is 0 Å². The second kappa shape index (κ2) is 5.68. The molecule has 2 aromatic carbocycles. The minimum Gasteiger partial charge on any atom is -0.340 e. The van der Waals surface area contributed by atoms with Gasteiger partial charge in [0.25, 0.3) is 0 Å². The summed E-state index contributed by atoms with van der Waals surface area (Å²) in [5.41, 5.74) is 4.66. The smallest absolute Gasteiger partial charge is 0.0912 e. The lowest BCUT2D eigenvalue weighted by atomic mass is 10.0. The molecule has 3 aromatic rings. The summed E-state index contributed by atoms with van der Waals surface area (Å²) < 4.78 is 2.31. The van der Waals surface area contributed by atoms with Crippen molar-refractivity contribution in [3.63, 3.8) is 0 Å². The van der Waals surface area contributed by atoms with E-state index < -0.39 is 0 Å². The molecular formula is C19H16N2. The Morgan fingerprint density at radius 3 is 2.48 bits per heavy atom. The van der Waals surface area contributed by atoms with E-state index in [-0.39, 0.29) is 0 Å². The Labute approximate surface area is 124 Å². The minimum absolute atomic E-state index is 0.894. The fourth-order valence-corrected chi connectivity index (χ4v) is 2.86. The number of rotatable bonds is 3. The zero-order chi connectivity index (χ0) is 14.7. The number of hydrogen-bond acceptors (Lipinski definition) is 1. The molecule has 21 heavy (non-hydrogen) atoms. The zero-order valence-corrected chi connectivity index (χ0v) is 12.0. The van der Waals surface area contributed by atoms with Gasteiger partial charge in [0.1, 0.15) is 0 Å². The number of hydrogen-bond donors (Lipinski definition) is 0. The van der Waals surface area contributed by atoms with E-state index >= 15 is 0 Å². The van der Waals surface area contributed by atoms with Crippen molar-refractivity contribution < 1.29 is 0 Å². The lowest BCUT2D eigenvalue weighted by molar-refractivity contribution is 0.805. The van der Waals surface area contributed by atoms with Crippen LogP contribution in [0.25, 0.3) is 28.2 Å². The first-order valence-corrected chi connectivity index (χ1v) is 7.09. The Bertz CT molecular complexity index is 833. The summed E-state index contributed by atoms with van der Waals surface area (Å²) in [6, 6.07) is 20.8. The van der Waals surface area contributed by atoms with Crippen LogP contribution < -0.4 is 0 Å². The molecule has 0 spiro atoms. The van der Waals surface area contributed by atoms with Crippen molar-refractivity contribution in [3.8, 4) is 17.3 Å². The van der Waals surface area contributed by atoms with E-state index in [2.05, 4.69) is 47.9 Å². The summed E-state index contributed by atoms with van der Waals surface area (Å²) in [5, 5.41) is 10.1. The maximum Gasteiger partial charge on any atom is 0.0912 e. The normalized spacial score (nSPS) is 11.0. The van der Waals surface area contributed by atoms with Crippen LogP contribution in [0.1, 0.15) is 12.5 Å². The van der Waals surface area contributed by atoms with E-state index in [4.69, 9.17) is 5.26 Å². The summed E-state index contributed by atoms with van der Waals surface area (Å²) in [4.78, 5) is 0. The third kappa shape index (κ3) is 2.23. The second-order valence-electron chi connectivity index (χ2n) is 4.85. The average Bonchev–Trinajstić information content (AvgIpc) is 2.87. The van der Waals surface area contributed by atoms with E-state index in [0.717, 1.165) is 12.1 Å². The van der Waals surface area contributed by atoms with Crippen LogP contribution in [0.4, 0.5) is 0 Å². The van der Waals surface area contributed by atoms with Gasteiger partial charge in [-0.2, -0.15) is 5.26 Å². The number of benzene rings is 2. The van der Waals surface area contributed by atoms with Crippen LogP contribution in [0.2, 0.25) is 0 Å². The highest BCUT2D eigenvalue weighted by Gasteiger charge is 2.15. The number of fused-ring (bicyclic) bond motifs is 1. The fourth-order valence-electron chi connectivity index (χ4n) is 2.86. The van der Waals surface area contributed by atoms with Gasteiger partial charge in [0.05, 0.1) is 11.8 Å². The van der Waals surface area contributed by atoms with Crippen molar-refractivity contribution >= 4 is 17.0 Å². The van der Waals surface area contributed by atoms with Crippen LogP contribution in [0.5, 0.6) is 0 Å². The van der Waals surface area contributed by atoms with Gasteiger partial charge in [0, 0.05) is 29.1 Å². The van der Waals surface area contributed by atoms with Gasteiger partial charge < -0.3 is 4.57 Å². The first-order valence-electron chi connectivity index (χ1n) is 7.09. The van der Waals surface area contributed by atoms with Crippen LogP contribution in [-0.4, -0.2) is 4.57 Å². The van der Waals surface area contributed by atoms with Gasteiger partial charge in [-0.05, 0) is 24.6 Å². The van der Waals surface area contributed by atoms with Crippen LogP contribution in [-0.2, 0) is 6.54 Å². The summed E-state index contributed by atoms with van der Waals surface area (Å²) >= 11 is 0. The molecule has 0 saturated carbocycles. The third-order valence-electron chi connectivity index (χ3n) is 3.70. The van der Waals surface area contributed by atoms with Gasteiger partial charge in [-0.25, -0.2) is 0 Å². The quantitative estimate of drug-likeness (QED) is 0.625. The van der Waals surface area contributed by atoms with E-state index in [1.807, 2.05) is 30.3 Å². The molecule has 1 heterocycles. The molecule has 3 rings (SSSR count). The lowest BCUT2D eigenvalue weighted by Gasteiger charge is -2.09. The lowest BCUT2D eigenvalue weighted by Crippen LogP contribution is -1.97. The highest BCUT2D eigenvalue weighted by Crippen LogP contribution is 2.34. The molecule has 2 heteroatoms. The predicted octanol–water partition coefficient (Wildman–Crippen LogP) is 4.86. The van der Waals surface area contributed by atoms with Gasteiger partial charge in [0.2, 0.25) is 0 Å². The van der Waals surface area contributed by atoms with Crippen molar-refractivity contribution in [3.05, 3.63) is 66.2 Å². The molecule has 0 fully saturated rings. The SMILES string of the molecule is CCn1c(-c2ccccc2)c(/C=C/C#N)c2ccccc21. The number of nitrogens with zero attached hydrogens (tertiary/aromatic N) is 2. The topological polar surface area (TPSA) is 28.7 Å². The molecule has 1 aromatic heterocycles. The van der Waals surface area contributed by atoms with Gasteiger partial charge >= 0.3 is 0 Å². The summed E-state index contributed by atoms with van der Waals surface area (Å²) in [6.07, 6.45) is 3.46. The molecule has 0 aliphatic carbocycles. The largest absolute Gasteiger partial charge is 0.340 e. The first kappa shape index (κ1) is 13.2. The predicted molar refractivity (Wildman–Crippen MR) is 87.7 cm³/mol. The number of aromatic nitrogens is 1. The van der Waals surface area contributed by atoms with E-state index in [0.29, 0.717) is 0 Å². The number of allylic oxidation sites excluding steroid dienone is 1. The molecule has 0 N–H and O–H groups in total. The van der Waals surface area contributed by atoms with Crippen molar-refractivity contribution in [1.82, 2.24) is 4.57 Å². The maximum atomic E-state index is 8.88. The highest BCUT2D eigenvalue weighted by molar-refractivity contribution is 5.97. The van der Waals surface area contributed by atoms with Crippen LogP contribution >= 0.6 is 0 Å². The Hall–Kier alpha value is -2.79. The van der Waals surface area contributed by atoms with E-state index in [1.165, 1.54) is 22.2 Å². The van der Waals surface area contributed by atoms with Crippen molar-refractivity contribution in [2.75, 3.05) is 0 Å². The van der Waals surface area contributed by atoms with Crippen LogP contribution in [0.15, 0.2) is 60.7 Å². The minimum atomic E-state index is 0.894. The molecule has 102 valence electrons. The second-order valence-corrected chi connectivity index (χ2v) is 4.85. The molecule has 0 amide bonds. The zero-order valence-electron chi connectivity index (χ0n) is 12.0. The van der Waals surface area contributed by atoms with Gasteiger partial charge in [-0.3, -0.25) is 0 Å². The Morgan fingerprint density at radius 1 is 1.05 bits per heavy atom. The Morgan fingerprint density at radius 2 is 1.76 bits per heavy atom. The summed E-state index contributed by atoms with van der Waals surface area (Å²) in [6.45, 7) is 3.04. The molecule has 0 aliphatic heterocycles. The van der Waals surface area contributed by atoms with E-state index in [9.17, 15) is 0 Å². The van der Waals surface area contributed by atoms with Gasteiger partial charge in [0.15, 0.2) is 0 Å². The van der Waals surface area contributed by atoms with Crippen LogP contribution in [0.3, 0.4) is 0 Å². The number of aryl methyl sites for hydroxylation is 1. The fraction of sp³-hybridized carbons (Fsp3) is 0.105. The van der Waals surface area contributed by atoms with E-state index in [1.54, 1.807) is 6.08 Å². The average molecular weight is 272 g/mol.